The molecule has 0 aliphatic heterocycles. The molecule has 4 nitrogen and oxygen atoms in total. The minimum absolute atomic E-state index is 0.540. The number of hydrogen-bond donors (Lipinski definition) is 2. The van der Waals surface area contributed by atoms with Crippen LogP contribution in [0.4, 0.5) is 0 Å². The predicted octanol–water partition coefficient (Wildman–Crippen LogP) is 0.679. The van der Waals surface area contributed by atoms with Crippen LogP contribution in [-0.4, -0.2) is 19.6 Å². The number of nitrogens with zero attached hydrogens (tertiary/aromatic N) is 2. The van der Waals surface area contributed by atoms with Crippen LogP contribution in [0.5, 0.6) is 0 Å². The zero-order valence-electron chi connectivity index (χ0n) is 7.89. The van der Waals surface area contributed by atoms with E-state index in [1.165, 1.54) is 0 Å². The highest BCUT2D eigenvalue weighted by Gasteiger charge is 1.95. The van der Waals surface area contributed by atoms with Gasteiger partial charge in [-0.2, -0.15) is 5.26 Å². The number of rotatable bonds is 3. The summed E-state index contributed by atoms with van der Waals surface area (Å²) < 4.78 is 0. The average Bonchev–Trinajstić information content (AvgIpc) is 2.02. The molecule has 0 aromatic heterocycles. The van der Waals surface area contributed by atoms with Crippen molar-refractivity contribution in [1.29, 1.82) is 5.26 Å². The van der Waals surface area contributed by atoms with Gasteiger partial charge in [0.15, 0.2) is 0 Å². The lowest BCUT2D eigenvalue weighted by Gasteiger charge is -2.08. The van der Waals surface area contributed by atoms with Crippen LogP contribution in [0.2, 0.25) is 0 Å². The van der Waals surface area contributed by atoms with Crippen molar-refractivity contribution in [3.8, 4) is 6.19 Å². The molecule has 0 unspecified atom stereocenters. The lowest BCUT2D eigenvalue weighted by molar-refractivity contribution is 0.575. The summed E-state index contributed by atoms with van der Waals surface area (Å²) in [4.78, 5) is 3.54. The first-order valence-electron chi connectivity index (χ1n) is 4.09. The van der Waals surface area contributed by atoms with E-state index in [9.17, 15) is 0 Å². The van der Waals surface area contributed by atoms with Crippen molar-refractivity contribution >= 4 is 5.96 Å². The first-order valence-corrected chi connectivity index (χ1v) is 4.09. The van der Waals surface area contributed by atoms with Crippen molar-refractivity contribution < 1.29 is 0 Å². The van der Waals surface area contributed by atoms with Gasteiger partial charge >= 0.3 is 0 Å². The number of nitrogens with one attached hydrogen (secondary N) is 2. The summed E-state index contributed by atoms with van der Waals surface area (Å²) in [5, 5.41) is 14.1. The first kappa shape index (κ1) is 10.8. The minimum atomic E-state index is 0.540. The second-order valence-corrected chi connectivity index (χ2v) is 2.92. The Labute approximate surface area is 73.7 Å². The van der Waals surface area contributed by atoms with E-state index in [0.29, 0.717) is 11.9 Å². The summed E-state index contributed by atoms with van der Waals surface area (Å²) in [7, 11) is 1.73. The smallest absolute Gasteiger partial charge is 0.209 e. The standard InChI is InChI=1S/C8H16N4/c1-7(2)4-5-11-8(10-3)12-6-9/h7H,4-5H2,1-3H3,(H2,10,11,12). The van der Waals surface area contributed by atoms with Gasteiger partial charge in [0.1, 0.15) is 0 Å². The maximum Gasteiger partial charge on any atom is 0.209 e. The third-order valence-electron chi connectivity index (χ3n) is 1.41. The van der Waals surface area contributed by atoms with Crippen molar-refractivity contribution in [3.05, 3.63) is 0 Å². The van der Waals surface area contributed by atoms with Crippen LogP contribution in [0.25, 0.3) is 0 Å². The number of nitriles is 1. The average molecular weight is 168 g/mol. The second-order valence-electron chi connectivity index (χ2n) is 2.92. The van der Waals surface area contributed by atoms with Crippen molar-refractivity contribution in [2.75, 3.05) is 13.6 Å². The van der Waals surface area contributed by atoms with Gasteiger partial charge in [-0.15, -0.1) is 4.99 Å². The second kappa shape index (κ2) is 6.47. The van der Waals surface area contributed by atoms with E-state index in [-0.39, 0.29) is 0 Å². The molecule has 0 aromatic carbocycles. The van der Waals surface area contributed by atoms with Crippen LogP contribution in [0.1, 0.15) is 20.3 Å². The molecule has 2 N–H and O–H groups in total. The van der Waals surface area contributed by atoms with E-state index >= 15 is 0 Å². The van der Waals surface area contributed by atoms with Gasteiger partial charge in [0, 0.05) is 13.6 Å². The van der Waals surface area contributed by atoms with Crippen molar-refractivity contribution in [1.82, 2.24) is 10.6 Å². The van der Waals surface area contributed by atoms with Crippen LogP contribution in [-0.2, 0) is 0 Å². The van der Waals surface area contributed by atoms with Gasteiger partial charge in [-0.25, -0.2) is 0 Å². The van der Waals surface area contributed by atoms with Gasteiger partial charge in [0.05, 0.1) is 0 Å². The third kappa shape index (κ3) is 5.54. The molecular weight excluding hydrogens is 152 g/mol. The monoisotopic (exact) mass is 168 g/mol. The Hall–Kier alpha value is -1.24. The van der Waals surface area contributed by atoms with E-state index in [4.69, 9.17) is 5.26 Å². The summed E-state index contributed by atoms with van der Waals surface area (Å²) in [6, 6.07) is 0. The van der Waals surface area contributed by atoms with Crippen molar-refractivity contribution in [2.24, 2.45) is 10.9 Å². The lowest BCUT2D eigenvalue weighted by atomic mass is 10.1. The Morgan fingerprint density at radius 2 is 2.25 bits per heavy atom. The fourth-order valence-corrected chi connectivity index (χ4v) is 0.713. The predicted molar refractivity (Wildman–Crippen MR) is 49.6 cm³/mol. The number of guanidine groups is 1. The molecule has 0 amide bonds. The number of aliphatic imine (C=N–C) groups is 1. The molecule has 0 aliphatic rings. The van der Waals surface area contributed by atoms with Crippen LogP contribution in [0, 0.1) is 17.4 Å². The zero-order valence-corrected chi connectivity index (χ0v) is 7.89. The van der Waals surface area contributed by atoms with Crippen molar-refractivity contribution in [3.63, 3.8) is 0 Å². The molecule has 0 rings (SSSR count). The maximum absolute atomic E-state index is 8.26. The Balaban J connectivity index is 3.61. The largest absolute Gasteiger partial charge is 0.359 e. The van der Waals surface area contributed by atoms with Crippen molar-refractivity contribution in [2.45, 2.75) is 20.3 Å². The fourth-order valence-electron chi connectivity index (χ4n) is 0.713. The molecule has 0 aliphatic carbocycles. The highest BCUT2D eigenvalue weighted by Crippen LogP contribution is 1.95. The van der Waals surface area contributed by atoms with Gasteiger partial charge in [-0.3, -0.25) is 0 Å². The zero-order chi connectivity index (χ0) is 9.40. The van der Waals surface area contributed by atoms with Gasteiger partial charge in [-0.05, 0) is 12.3 Å². The quantitative estimate of drug-likeness (QED) is 0.370. The highest BCUT2D eigenvalue weighted by molar-refractivity contribution is 5.80. The van der Waals surface area contributed by atoms with E-state index < -0.39 is 0 Å². The van der Waals surface area contributed by atoms with E-state index in [0.717, 1.165) is 13.0 Å². The molecule has 0 bridgehead atoms. The summed E-state index contributed by atoms with van der Waals surface area (Å²) >= 11 is 0. The third-order valence-corrected chi connectivity index (χ3v) is 1.41. The Morgan fingerprint density at radius 1 is 1.58 bits per heavy atom. The Bertz CT molecular complexity index is 178. The van der Waals surface area contributed by atoms with Crippen LogP contribution in [0.15, 0.2) is 4.99 Å². The molecule has 0 aromatic rings. The topological polar surface area (TPSA) is 60.2 Å². The van der Waals surface area contributed by atoms with E-state index in [1.54, 1.807) is 13.2 Å². The van der Waals surface area contributed by atoms with Gasteiger partial charge < -0.3 is 10.6 Å². The molecule has 0 spiro atoms. The van der Waals surface area contributed by atoms with Crippen LogP contribution < -0.4 is 10.6 Å². The number of hydrogen-bond acceptors (Lipinski definition) is 2. The highest BCUT2D eigenvalue weighted by atomic mass is 15.2. The summed E-state index contributed by atoms with van der Waals surface area (Å²) in [5.74, 6) is 1.20. The van der Waals surface area contributed by atoms with E-state index in [1.807, 2.05) is 0 Å². The molecule has 0 heterocycles. The molecule has 4 heteroatoms. The normalized spacial score (nSPS) is 11.1. The summed E-state index contributed by atoms with van der Waals surface area (Å²) in [5.41, 5.74) is 0. The SMILES string of the molecule is CN/C(=N/C#N)NCCC(C)C. The molecule has 0 atom stereocenters. The molecule has 0 fully saturated rings. The molecular formula is C8H16N4. The Morgan fingerprint density at radius 3 is 2.67 bits per heavy atom. The lowest BCUT2D eigenvalue weighted by Crippen LogP contribution is -2.35. The minimum Gasteiger partial charge on any atom is -0.359 e. The Kier molecular flexibility index (Phi) is 5.80. The van der Waals surface area contributed by atoms with Crippen LogP contribution in [0.3, 0.4) is 0 Å². The summed E-state index contributed by atoms with van der Waals surface area (Å²) in [6.07, 6.45) is 2.80. The summed E-state index contributed by atoms with van der Waals surface area (Å²) in [6.45, 7) is 5.16. The molecule has 0 saturated heterocycles. The molecule has 0 radical (unpaired) electrons. The molecule has 68 valence electrons. The van der Waals surface area contributed by atoms with Gasteiger partial charge in [-0.1, -0.05) is 13.8 Å². The molecule has 12 heavy (non-hydrogen) atoms. The molecule has 0 saturated carbocycles. The first-order chi connectivity index (χ1) is 5.70. The van der Waals surface area contributed by atoms with Gasteiger partial charge in [0.25, 0.3) is 0 Å². The van der Waals surface area contributed by atoms with Crippen LogP contribution >= 0.6 is 0 Å². The maximum atomic E-state index is 8.26. The fraction of sp³-hybridized carbons (Fsp3) is 0.750. The van der Waals surface area contributed by atoms with Gasteiger partial charge in [0.2, 0.25) is 12.2 Å². The van der Waals surface area contributed by atoms with E-state index in [2.05, 4.69) is 29.5 Å².